The fraction of sp³-hybridized carbons (Fsp3) is 0.125. The molecular weight excluding hydrogens is 254 g/mol. The molecule has 0 amide bonds. The highest BCUT2D eigenvalue weighted by Crippen LogP contribution is 2.21. The van der Waals surface area contributed by atoms with Crippen LogP contribution >= 0.6 is 0 Å². The number of aliphatic hydroxyl groups is 1. The molecule has 100 valence electrons. The summed E-state index contributed by atoms with van der Waals surface area (Å²) >= 11 is 0. The van der Waals surface area contributed by atoms with E-state index in [0.29, 0.717) is 5.56 Å². The summed E-state index contributed by atoms with van der Waals surface area (Å²) in [5.41, 5.74) is -0.492. The molecule has 2 aromatic carbocycles. The van der Waals surface area contributed by atoms with Gasteiger partial charge < -0.3 is 5.11 Å². The molecule has 1 atom stereocenters. The molecule has 0 fully saturated rings. The minimum atomic E-state index is -1.36. The van der Waals surface area contributed by atoms with E-state index < -0.39 is 10.5 Å². The Morgan fingerprint density at radius 3 is 2.35 bits per heavy atom. The summed E-state index contributed by atoms with van der Waals surface area (Å²) < 4.78 is 0. The monoisotopic (exact) mass is 267 g/mol. The Morgan fingerprint density at radius 2 is 1.70 bits per heavy atom. The average molecular weight is 267 g/mol. The quantitative estimate of drug-likeness (QED) is 0.517. The van der Waals surface area contributed by atoms with Crippen molar-refractivity contribution in [1.82, 2.24) is 0 Å². The number of nitro groups is 1. The van der Waals surface area contributed by atoms with Crippen LogP contribution in [-0.4, -0.2) is 10.0 Å². The van der Waals surface area contributed by atoms with Crippen molar-refractivity contribution in [3.8, 4) is 11.8 Å². The van der Waals surface area contributed by atoms with Crippen molar-refractivity contribution in [3.63, 3.8) is 0 Å². The molecular formula is C16H13NO3. The lowest BCUT2D eigenvalue weighted by Gasteiger charge is -2.16. The SMILES string of the molecule is CC(O)(C#Cc1ccccc1[N+](=O)[O-])c1ccccc1. The third kappa shape index (κ3) is 3.02. The zero-order chi connectivity index (χ0) is 14.6. The van der Waals surface area contributed by atoms with Crippen LogP contribution < -0.4 is 0 Å². The second-order valence-electron chi connectivity index (χ2n) is 4.46. The van der Waals surface area contributed by atoms with E-state index in [1.165, 1.54) is 6.07 Å². The van der Waals surface area contributed by atoms with Crippen LogP contribution in [0.4, 0.5) is 5.69 Å². The molecule has 0 bridgehead atoms. The molecule has 0 aliphatic heterocycles. The molecule has 1 N–H and O–H groups in total. The highest BCUT2D eigenvalue weighted by molar-refractivity contribution is 5.51. The average Bonchev–Trinajstić information content (AvgIpc) is 2.46. The van der Waals surface area contributed by atoms with Gasteiger partial charge in [0.25, 0.3) is 5.69 Å². The van der Waals surface area contributed by atoms with Gasteiger partial charge in [-0.15, -0.1) is 0 Å². The van der Waals surface area contributed by atoms with Crippen molar-refractivity contribution in [2.45, 2.75) is 12.5 Å². The minimum Gasteiger partial charge on any atom is -0.374 e. The minimum absolute atomic E-state index is 0.0659. The van der Waals surface area contributed by atoms with E-state index in [4.69, 9.17) is 0 Å². The van der Waals surface area contributed by atoms with E-state index in [0.717, 1.165) is 0 Å². The second-order valence-corrected chi connectivity index (χ2v) is 4.46. The normalized spacial score (nSPS) is 12.9. The summed E-state index contributed by atoms with van der Waals surface area (Å²) in [5.74, 6) is 5.38. The van der Waals surface area contributed by atoms with Crippen LogP contribution in [0.5, 0.6) is 0 Å². The molecule has 0 saturated heterocycles. The highest BCUT2D eigenvalue weighted by Gasteiger charge is 2.19. The van der Waals surface area contributed by atoms with Gasteiger partial charge in [0.05, 0.1) is 4.92 Å². The standard InChI is InChI=1S/C16H13NO3/c1-16(18,14-8-3-2-4-9-14)12-11-13-7-5-6-10-15(13)17(19)20/h2-10,18H,1H3. The van der Waals surface area contributed by atoms with E-state index in [-0.39, 0.29) is 11.3 Å². The van der Waals surface area contributed by atoms with E-state index in [1.807, 2.05) is 6.07 Å². The molecule has 4 nitrogen and oxygen atoms in total. The number of hydrogen-bond donors (Lipinski definition) is 1. The first-order valence-corrected chi connectivity index (χ1v) is 6.05. The Labute approximate surface area is 116 Å². The van der Waals surface area contributed by atoms with Gasteiger partial charge in [-0.05, 0) is 18.6 Å². The predicted octanol–water partition coefficient (Wildman–Crippen LogP) is 2.85. The largest absolute Gasteiger partial charge is 0.374 e. The van der Waals surface area contributed by atoms with E-state index in [2.05, 4.69) is 11.8 Å². The van der Waals surface area contributed by atoms with Gasteiger partial charge in [0.1, 0.15) is 11.2 Å². The van der Waals surface area contributed by atoms with Gasteiger partial charge in [-0.1, -0.05) is 54.3 Å². The van der Waals surface area contributed by atoms with Gasteiger partial charge in [0, 0.05) is 6.07 Å². The Hall–Kier alpha value is -2.64. The summed E-state index contributed by atoms with van der Waals surface area (Å²) in [5, 5.41) is 21.2. The Bertz CT molecular complexity index is 682. The van der Waals surface area contributed by atoms with E-state index >= 15 is 0 Å². The number of benzene rings is 2. The Kier molecular flexibility index (Phi) is 3.83. The van der Waals surface area contributed by atoms with Crippen molar-refractivity contribution in [3.05, 3.63) is 75.8 Å². The summed E-state index contributed by atoms with van der Waals surface area (Å²) in [6, 6.07) is 15.2. The zero-order valence-corrected chi connectivity index (χ0v) is 10.9. The maximum atomic E-state index is 10.9. The van der Waals surface area contributed by atoms with E-state index in [1.54, 1.807) is 49.4 Å². The van der Waals surface area contributed by atoms with Crippen LogP contribution in [0.1, 0.15) is 18.1 Å². The summed E-state index contributed by atoms with van der Waals surface area (Å²) in [4.78, 5) is 10.4. The zero-order valence-electron chi connectivity index (χ0n) is 10.9. The molecule has 0 heterocycles. The van der Waals surface area contributed by atoms with Crippen LogP contribution in [0.25, 0.3) is 0 Å². The van der Waals surface area contributed by atoms with Crippen molar-refractivity contribution in [2.24, 2.45) is 0 Å². The molecule has 4 heteroatoms. The number of hydrogen-bond acceptors (Lipinski definition) is 3. The van der Waals surface area contributed by atoms with Crippen molar-refractivity contribution in [1.29, 1.82) is 0 Å². The van der Waals surface area contributed by atoms with Crippen LogP contribution in [-0.2, 0) is 5.60 Å². The van der Waals surface area contributed by atoms with Gasteiger partial charge in [0.2, 0.25) is 0 Å². The van der Waals surface area contributed by atoms with Crippen LogP contribution in [0.3, 0.4) is 0 Å². The van der Waals surface area contributed by atoms with Gasteiger partial charge >= 0.3 is 0 Å². The molecule has 0 aromatic heterocycles. The van der Waals surface area contributed by atoms with Crippen LogP contribution in [0.2, 0.25) is 0 Å². The molecule has 2 rings (SSSR count). The molecule has 0 aliphatic carbocycles. The summed E-state index contributed by atoms with van der Waals surface area (Å²) in [6.45, 7) is 1.56. The first-order valence-electron chi connectivity index (χ1n) is 6.05. The first-order chi connectivity index (χ1) is 9.50. The topological polar surface area (TPSA) is 63.4 Å². The van der Waals surface area contributed by atoms with Crippen LogP contribution in [0, 0.1) is 22.0 Å². The van der Waals surface area contributed by atoms with Crippen molar-refractivity contribution >= 4 is 5.69 Å². The second kappa shape index (κ2) is 5.55. The smallest absolute Gasteiger partial charge is 0.284 e. The maximum absolute atomic E-state index is 10.9. The highest BCUT2D eigenvalue weighted by atomic mass is 16.6. The lowest BCUT2D eigenvalue weighted by atomic mass is 9.96. The van der Waals surface area contributed by atoms with Gasteiger partial charge in [-0.3, -0.25) is 10.1 Å². The molecule has 0 aliphatic rings. The Morgan fingerprint density at radius 1 is 1.10 bits per heavy atom. The van der Waals surface area contributed by atoms with Gasteiger partial charge in [-0.25, -0.2) is 0 Å². The molecule has 0 spiro atoms. The maximum Gasteiger partial charge on any atom is 0.284 e. The van der Waals surface area contributed by atoms with Crippen LogP contribution in [0.15, 0.2) is 54.6 Å². The van der Waals surface area contributed by atoms with Crippen molar-refractivity contribution in [2.75, 3.05) is 0 Å². The molecule has 0 radical (unpaired) electrons. The van der Waals surface area contributed by atoms with E-state index in [9.17, 15) is 15.2 Å². The Balaban J connectivity index is 2.39. The fourth-order valence-electron chi connectivity index (χ4n) is 1.76. The lowest BCUT2D eigenvalue weighted by Crippen LogP contribution is -2.18. The molecule has 0 saturated carbocycles. The lowest BCUT2D eigenvalue weighted by molar-refractivity contribution is -0.385. The third-order valence-electron chi connectivity index (χ3n) is 2.88. The molecule has 20 heavy (non-hydrogen) atoms. The van der Waals surface area contributed by atoms with Gasteiger partial charge in [0.15, 0.2) is 0 Å². The number of nitrogens with zero attached hydrogens (tertiary/aromatic N) is 1. The predicted molar refractivity (Wildman–Crippen MR) is 76.0 cm³/mol. The van der Waals surface area contributed by atoms with Crippen molar-refractivity contribution < 1.29 is 10.0 Å². The number of para-hydroxylation sites is 1. The molecule has 2 aromatic rings. The summed E-state index contributed by atoms with van der Waals surface area (Å²) in [7, 11) is 0. The summed E-state index contributed by atoms with van der Waals surface area (Å²) in [6.07, 6.45) is 0. The third-order valence-corrected chi connectivity index (χ3v) is 2.88. The van der Waals surface area contributed by atoms with Gasteiger partial charge in [-0.2, -0.15) is 0 Å². The number of nitro benzene ring substituents is 1. The molecule has 1 unspecified atom stereocenters. The fourth-order valence-corrected chi connectivity index (χ4v) is 1.76. The first kappa shape index (κ1) is 13.8. The number of rotatable bonds is 2.